The highest BCUT2D eigenvalue weighted by molar-refractivity contribution is 5.91. The van der Waals surface area contributed by atoms with E-state index in [1.165, 1.54) is 12.0 Å². The molecule has 3 atom stereocenters. The minimum absolute atomic E-state index is 0.0114. The molecule has 40 heavy (non-hydrogen) atoms. The topological polar surface area (TPSA) is 114 Å². The van der Waals surface area contributed by atoms with Crippen LogP contribution in [-0.2, 0) is 43.3 Å². The number of rotatable bonds is 1. The van der Waals surface area contributed by atoms with E-state index in [4.69, 9.17) is 14.2 Å². The second-order valence-corrected chi connectivity index (χ2v) is 12.7. The van der Waals surface area contributed by atoms with Gasteiger partial charge in [-0.15, -0.1) is 0 Å². The zero-order valence-corrected chi connectivity index (χ0v) is 24.3. The van der Waals surface area contributed by atoms with Crippen molar-refractivity contribution in [3.8, 4) is 0 Å². The first-order valence-electron chi connectivity index (χ1n) is 13.8. The number of hydrogen-bond acceptors (Lipinski definition) is 7. The predicted molar refractivity (Wildman–Crippen MR) is 147 cm³/mol. The quantitative estimate of drug-likeness (QED) is 0.317. The summed E-state index contributed by atoms with van der Waals surface area (Å²) in [6.45, 7) is 10.5. The molecule has 3 amide bonds. The van der Waals surface area contributed by atoms with Gasteiger partial charge in [-0.25, -0.2) is 14.4 Å². The van der Waals surface area contributed by atoms with Gasteiger partial charge in [-0.1, -0.05) is 65.0 Å². The highest BCUT2D eigenvalue weighted by Crippen LogP contribution is 2.31. The zero-order valence-electron chi connectivity index (χ0n) is 24.3. The van der Waals surface area contributed by atoms with E-state index in [9.17, 15) is 19.2 Å². The molecule has 3 aliphatic rings. The van der Waals surface area contributed by atoms with Crippen molar-refractivity contribution in [2.45, 2.75) is 85.2 Å². The molecule has 0 aromatic heterocycles. The van der Waals surface area contributed by atoms with E-state index in [1.54, 1.807) is 4.90 Å². The zero-order chi connectivity index (χ0) is 29.2. The molecule has 4 rings (SSSR count). The fourth-order valence-corrected chi connectivity index (χ4v) is 5.42. The Morgan fingerprint density at radius 1 is 1.10 bits per heavy atom. The maximum atomic E-state index is 13.8. The lowest BCUT2D eigenvalue weighted by molar-refractivity contribution is -0.152. The van der Waals surface area contributed by atoms with Gasteiger partial charge in [0.1, 0.15) is 18.2 Å². The van der Waals surface area contributed by atoms with Gasteiger partial charge in [-0.2, -0.15) is 0 Å². The summed E-state index contributed by atoms with van der Waals surface area (Å²) in [4.78, 5) is 55.6. The number of fused-ring (bicyclic) bond motifs is 3. The lowest BCUT2D eigenvalue weighted by Crippen LogP contribution is -2.57. The van der Waals surface area contributed by atoms with E-state index in [2.05, 4.69) is 23.5 Å². The van der Waals surface area contributed by atoms with E-state index >= 15 is 0 Å². The maximum absolute atomic E-state index is 13.8. The fourth-order valence-electron chi connectivity index (χ4n) is 5.42. The number of cyclic esters (lactones) is 1. The molecule has 1 aromatic carbocycles. The van der Waals surface area contributed by atoms with Gasteiger partial charge in [-0.3, -0.25) is 9.69 Å². The van der Waals surface area contributed by atoms with E-state index in [1.807, 2.05) is 46.8 Å². The number of benzene rings is 1. The van der Waals surface area contributed by atoms with Crippen molar-refractivity contribution in [1.29, 1.82) is 0 Å². The first kappa shape index (κ1) is 29.4. The predicted octanol–water partition coefficient (Wildman–Crippen LogP) is 3.95. The van der Waals surface area contributed by atoms with Crippen LogP contribution < -0.4 is 5.32 Å². The SMILES string of the molecule is COC(=O)[C@@H]1C[C@@H]2CN1C(=O)[C@H](C(C)(C)C)NC(=O)OCC(C)(C)C/C=C\Cc1cccc3c1CN(C3)C(=O)O2. The first-order valence-corrected chi connectivity index (χ1v) is 13.8. The van der Waals surface area contributed by atoms with Crippen molar-refractivity contribution < 1.29 is 33.4 Å². The average Bonchev–Trinajstić information content (AvgIpc) is 3.52. The van der Waals surface area contributed by atoms with Crippen molar-refractivity contribution in [3.63, 3.8) is 0 Å². The number of carbonyl (C=O) groups excluding carboxylic acids is 4. The third-order valence-corrected chi connectivity index (χ3v) is 7.77. The number of hydrogen-bond donors (Lipinski definition) is 1. The summed E-state index contributed by atoms with van der Waals surface area (Å²) in [6, 6.07) is 4.15. The molecule has 3 aliphatic heterocycles. The van der Waals surface area contributed by atoms with Crippen molar-refractivity contribution in [1.82, 2.24) is 15.1 Å². The number of ether oxygens (including phenoxy) is 3. The van der Waals surface area contributed by atoms with Crippen LogP contribution in [0.5, 0.6) is 0 Å². The third-order valence-electron chi connectivity index (χ3n) is 7.77. The molecule has 0 radical (unpaired) electrons. The Hall–Kier alpha value is -3.56. The Labute approximate surface area is 236 Å². The Bertz CT molecular complexity index is 1190. The summed E-state index contributed by atoms with van der Waals surface area (Å²) in [6.07, 6.45) is 3.79. The molecule has 1 fully saturated rings. The van der Waals surface area contributed by atoms with Crippen LogP contribution in [0.4, 0.5) is 9.59 Å². The average molecular weight is 556 g/mol. The molecule has 4 bridgehead atoms. The second kappa shape index (κ2) is 11.5. The second-order valence-electron chi connectivity index (χ2n) is 12.7. The first-order chi connectivity index (χ1) is 18.8. The van der Waals surface area contributed by atoms with Gasteiger partial charge in [0.05, 0.1) is 20.3 Å². The molecule has 0 spiro atoms. The Morgan fingerprint density at radius 3 is 2.52 bits per heavy atom. The molecule has 0 unspecified atom stereocenters. The van der Waals surface area contributed by atoms with Crippen LogP contribution in [0.15, 0.2) is 30.4 Å². The normalized spacial score (nSPS) is 26.4. The standard InChI is InChI=1S/C30H41N3O7/c1-29(2,3)24-25(34)33-16-21(14-23(33)26(35)38-6)40-28(37)32-15-20-12-9-11-19(22(20)17-32)10-7-8-13-30(4,5)18-39-27(36)31-24/h7-9,11-12,21,23-24H,10,13-18H2,1-6H3,(H,31,36)/b8-7-/t21-,23+,24-/m1/s1. The number of carbonyl (C=O) groups is 4. The molecule has 1 aromatic rings. The monoisotopic (exact) mass is 555 g/mol. The molecule has 218 valence electrons. The van der Waals surface area contributed by atoms with Crippen LogP contribution in [0.25, 0.3) is 0 Å². The van der Waals surface area contributed by atoms with Crippen LogP contribution in [0.3, 0.4) is 0 Å². The lowest BCUT2D eigenvalue weighted by Gasteiger charge is -2.35. The number of nitrogens with zero attached hydrogens (tertiary/aromatic N) is 2. The highest BCUT2D eigenvalue weighted by atomic mass is 16.6. The Kier molecular flexibility index (Phi) is 8.46. The molecule has 0 saturated carbocycles. The summed E-state index contributed by atoms with van der Waals surface area (Å²) in [7, 11) is 1.25. The third kappa shape index (κ3) is 6.59. The van der Waals surface area contributed by atoms with Gasteiger partial charge in [0.15, 0.2) is 0 Å². The summed E-state index contributed by atoms with van der Waals surface area (Å²) in [5, 5.41) is 2.72. The Morgan fingerprint density at radius 2 is 1.82 bits per heavy atom. The van der Waals surface area contributed by atoms with Crippen molar-refractivity contribution in [3.05, 3.63) is 47.0 Å². The molecule has 1 N–H and O–H groups in total. The van der Waals surface area contributed by atoms with Crippen LogP contribution >= 0.6 is 0 Å². The largest absolute Gasteiger partial charge is 0.467 e. The van der Waals surface area contributed by atoms with E-state index in [-0.39, 0.29) is 25.0 Å². The van der Waals surface area contributed by atoms with E-state index in [0.717, 1.165) is 23.1 Å². The summed E-state index contributed by atoms with van der Waals surface area (Å²) in [5.41, 5.74) is 2.31. The molecular weight excluding hydrogens is 514 g/mol. The fraction of sp³-hybridized carbons (Fsp3) is 0.600. The van der Waals surface area contributed by atoms with Gasteiger partial charge < -0.3 is 24.4 Å². The Balaban J connectivity index is 1.64. The minimum Gasteiger partial charge on any atom is -0.467 e. The van der Waals surface area contributed by atoms with Crippen molar-refractivity contribution in [2.75, 3.05) is 20.3 Å². The van der Waals surface area contributed by atoms with Crippen LogP contribution in [-0.4, -0.2) is 72.3 Å². The highest BCUT2D eigenvalue weighted by Gasteiger charge is 2.47. The van der Waals surface area contributed by atoms with Crippen LogP contribution in [0, 0.1) is 10.8 Å². The van der Waals surface area contributed by atoms with Gasteiger partial charge in [0.25, 0.3) is 0 Å². The van der Waals surface area contributed by atoms with Crippen LogP contribution in [0.1, 0.15) is 64.2 Å². The van der Waals surface area contributed by atoms with Gasteiger partial charge in [-0.05, 0) is 34.9 Å². The number of esters is 1. The maximum Gasteiger partial charge on any atom is 0.410 e. The smallest absolute Gasteiger partial charge is 0.410 e. The number of allylic oxidation sites excluding steroid dienone is 2. The number of alkyl carbamates (subject to hydrolysis) is 1. The van der Waals surface area contributed by atoms with E-state index < -0.39 is 47.7 Å². The summed E-state index contributed by atoms with van der Waals surface area (Å²) in [5.74, 6) is -1.07. The number of methoxy groups -OCH3 is 1. The minimum atomic E-state index is -0.985. The van der Waals surface area contributed by atoms with Gasteiger partial charge in [0, 0.05) is 24.9 Å². The molecule has 0 aliphatic carbocycles. The van der Waals surface area contributed by atoms with Gasteiger partial charge >= 0.3 is 18.2 Å². The van der Waals surface area contributed by atoms with E-state index in [0.29, 0.717) is 19.5 Å². The number of nitrogens with one attached hydrogen (secondary N) is 1. The summed E-state index contributed by atoms with van der Waals surface area (Å²) < 4.78 is 16.4. The lowest BCUT2D eigenvalue weighted by atomic mass is 9.85. The summed E-state index contributed by atoms with van der Waals surface area (Å²) >= 11 is 0. The molecular formula is C30H41N3O7. The molecule has 10 nitrogen and oxygen atoms in total. The van der Waals surface area contributed by atoms with Crippen molar-refractivity contribution in [2.24, 2.45) is 10.8 Å². The van der Waals surface area contributed by atoms with Crippen molar-refractivity contribution >= 4 is 24.1 Å². The van der Waals surface area contributed by atoms with Crippen LogP contribution in [0.2, 0.25) is 0 Å². The van der Waals surface area contributed by atoms with Gasteiger partial charge in [0.2, 0.25) is 5.91 Å². The molecule has 1 saturated heterocycles. The molecule has 10 heteroatoms. The molecule has 3 heterocycles. The number of amides is 3.